The van der Waals surface area contributed by atoms with Crippen molar-refractivity contribution < 1.29 is 0 Å². The minimum atomic E-state index is 1.11. The predicted octanol–water partition coefficient (Wildman–Crippen LogP) is 15.3. The van der Waals surface area contributed by atoms with Crippen molar-refractivity contribution in [3.05, 3.63) is 212 Å². The number of benzene rings is 9. The standard InChI is InChI=1S/C52H35NS/c1-2-11-36(12-3-1)37-23-28-44(29-24-37)53(45-30-25-38(26-31-45)42-27-32-50-49-20-6-7-22-51(49)54-52(50)35-42)46-18-9-16-41(34-46)40-15-8-17-43(33-40)48-21-10-14-39-13-4-5-19-47(39)48/h1-35H. The van der Waals surface area contributed by atoms with Crippen LogP contribution in [0.3, 0.4) is 0 Å². The Morgan fingerprint density at radius 2 is 0.796 bits per heavy atom. The van der Waals surface area contributed by atoms with Crippen molar-refractivity contribution in [1.82, 2.24) is 0 Å². The van der Waals surface area contributed by atoms with Crippen LogP contribution in [0.5, 0.6) is 0 Å². The molecular weight excluding hydrogens is 671 g/mol. The van der Waals surface area contributed by atoms with E-state index < -0.39 is 0 Å². The molecule has 0 N–H and O–H groups in total. The van der Waals surface area contributed by atoms with E-state index in [1.54, 1.807) is 0 Å². The van der Waals surface area contributed by atoms with Gasteiger partial charge in [0.05, 0.1) is 0 Å². The summed E-state index contributed by atoms with van der Waals surface area (Å²) in [6.45, 7) is 0. The average Bonchev–Trinajstić information content (AvgIpc) is 3.63. The average molecular weight is 706 g/mol. The molecule has 0 aliphatic rings. The van der Waals surface area contributed by atoms with Gasteiger partial charge in [-0.15, -0.1) is 11.3 Å². The summed E-state index contributed by atoms with van der Waals surface area (Å²) in [5, 5.41) is 5.17. The first-order valence-corrected chi connectivity index (χ1v) is 19.2. The molecule has 0 saturated carbocycles. The van der Waals surface area contributed by atoms with Gasteiger partial charge in [-0.05, 0) is 110 Å². The van der Waals surface area contributed by atoms with E-state index in [0.29, 0.717) is 0 Å². The first-order valence-electron chi connectivity index (χ1n) is 18.4. The molecule has 254 valence electrons. The van der Waals surface area contributed by atoms with Gasteiger partial charge in [-0.2, -0.15) is 0 Å². The molecule has 0 aliphatic heterocycles. The summed E-state index contributed by atoms with van der Waals surface area (Å²) in [6, 6.07) is 77.1. The molecule has 0 saturated heterocycles. The molecule has 0 amide bonds. The molecule has 0 radical (unpaired) electrons. The largest absolute Gasteiger partial charge is 0.310 e. The number of nitrogens with zero attached hydrogens (tertiary/aromatic N) is 1. The highest BCUT2D eigenvalue weighted by atomic mass is 32.1. The number of hydrogen-bond acceptors (Lipinski definition) is 2. The predicted molar refractivity (Wildman–Crippen MR) is 233 cm³/mol. The third-order valence-corrected chi connectivity index (χ3v) is 11.6. The van der Waals surface area contributed by atoms with E-state index in [0.717, 1.165) is 17.1 Å². The lowest BCUT2D eigenvalue weighted by Crippen LogP contribution is -2.10. The van der Waals surface area contributed by atoms with Gasteiger partial charge in [0.1, 0.15) is 0 Å². The molecule has 0 bridgehead atoms. The second-order valence-electron chi connectivity index (χ2n) is 13.8. The fourth-order valence-electron chi connectivity index (χ4n) is 7.76. The fraction of sp³-hybridized carbons (Fsp3) is 0. The molecule has 1 aromatic heterocycles. The summed E-state index contributed by atoms with van der Waals surface area (Å²) in [7, 11) is 0. The summed E-state index contributed by atoms with van der Waals surface area (Å²) in [5.41, 5.74) is 13.0. The Morgan fingerprint density at radius 1 is 0.278 bits per heavy atom. The molecule has 0 aliphatic carbocycles. The Morgan fingerprint density at radius 3 is 1.59 bits per heavy atom. The number of hydrogen-bond donors (Lipinski definition) is 0. The highest BCUT2D eigenvalue weighted by Crippen LogP contribution is 2.41. The summed E-state index contributed by atoms with van der Waals surface area (Å²) in [4.78, 5) is 2.37. The van der Waals surface area contributed by atoms with Gasteiger partial charge >= 0.3 is 0 Å². The highest BCUT2D eigenvalue weighted by Gasteiger charge is 2.15. The van der Waals surface area contributed by atoms with Crippen LogP contribution in [0.1, 0.15) is 0 Å². The van der Waals surface area contributed by atoms with Crippen molar-refractivity contribution in [3.63, 3.8) is 0 Å². The van der Waals surface area contributed by atoms with Gasteiger partial charge in [0.2, 0.25) is 0 Å². The summed E-state index contributed by atoms with van der Waals surface area (Å²) in [6.07, 6.45) is 0. The normalized spacial score (nSPS) is 11.3. The van der Waals surface area contributed by atoms with Gasteiger partial charge in [0, 0.05) is 37.2 Å². The van der Waals surface area contributed by atoms with Crippen molar-refractivity contribution >= 4 is 59.3 Å². The van der Waals surface area contributed by atoms with Gasteiger partial charge in [0.15, 0.2) is 0 Å². The molecule has 0 atom stereocenters. The number of rotatable bonds is 7. The van der Waals surface area contributed by atoms with Gasteiger partial charge in [-0.3, -0.25) is 0 Å². The minimum absolute atomic E-state index is 1.11. The van der Waals surface area contributed by atoms with E-state index in [1.807, 2.05) is 11.3 Å². The first-order chi connectivity index (χ1) is 26.7. The van der Waals surface area contributed by atoms with E-state index in [2.05, 4.69) is 217 Å². The Hall–Kier alpha value is -6.74. The Kier molecular flexibility index (Phi) is 8.09. The van der Waals surface area contributed by atoms with Crippen LogP contribution in [0.15, 0.2) is 212 Å². The van der Waals surface area contributed by atoms with Crippen molar-refractivity contribution in [2.75, 3.05) is 4.90 Å². The summed E-state index contributed by atoms with van der Waals surface area (Å²) in [5.74, 6) is 0. The number of fused-ring (bicyclic) bond motifs is 4. The van der Waals surface area contributed by atoms with E-state index in [4.69, 9.17) is 0 Å². The van der Waals surface area contributed by atoms with E-state index in [-0.39, 0.29) is 0 Å². The second kappa shape index (κ2) is 13.7. The van der Waals surface area contributed by atoms with Crippen LogP contribution in [0, 0.1) is 0 Å². The minimum Gasteiger partial charge on any atom is -0.310 e. The monoisotopic (exact) mass is 705 g/mol. The quantitative estimate of drug-likeness (QED) is 0.160. The van der Waals surface area contributed by atoms with Crippen LogP contribution in [0.25, 0.3) is 75.5 Å². The SMILES string of the molecule is c1ccc(-c2ccc(N(c3ccc(-c4ccc5c(c4)sc4ccccc45)cc3)c3cccc(-c4cccc(-c5cccc6ccccc56)c4)c3)cc2)cc1. The molecule has 10 aromatic rings. The van der Waals surface area contributed by atoms with Gasteiger partial charge in [-0.1, -0.05) is 158 Å². The molecule has 10 rings (SSSR count). The number of anilines is 3. The molecule has 1 heterocycles. The smallest absolute Gasteiger partial charge is 0.0467 e. The van der Waals surface area contributed by atoms with Crippen LogP contribution in [-0.2, 0) is 0 Å². The molecule has 9 aromatic carbocycles. The third kappa shape index (κ3) is 5.93. The lowest BCUT2D eigenvalue weighted by Gasteiger charge is -2.26. The van der Waals surface area contributed by atoms with E-state index in [1.165, 1.54) is 75.5 Å². The van der Waals surface area contributed by atoms with Crippen molar-refractivity contribution in [2.45, 2.75) is 0 Å². The zero-order valence-electron chi connectivity index (χ0n) is 29.6. The molecule has 1 nitrogen and oxygen atoms in total. The highest BCUT2D eigenvalue weighted by molar-refractivity contribution is 7.25. The second-order valence-corrected chi connectivity index (χ2v) is 14.8. The fourth-order valence-corrected chi connectivity index (χ4v) is 8.90. The van der Waals surface area contributed by atoms with E-state index in [9.17, 15) is 0 Å². The van der Waals surface area contributed by atoms with E-state index >= 15 is 0 Å². The van der Waals surface area contributed by atoms with Crippen molar-refractivity contribution in [2.24, 2.45) is 0 Å². The van der Waals surface area contributed by atoms with Crippen LogP contribution in [-0.4, -0.2) is 0 Å². The molecular formula is C52H35NS. The molecule has 2 heteroatoms. The van der Waals surface area contributed by atoms with Crippen LogP contribution in [0.4, 0.5) is 17.1 Å². The molecule has 0 fully saturated rings. The summed E-state index contributed by atoms with van der Waals surface area (Å²) >= 11 is 1.86. The Bertz CT molecular complexity index is 2920. The topological polar surface area (TPSA) is 3.24 Å². The molecule has 0 unspecified atom stereocenters. The van der Waals surface area contributed by atoms with Crippen molar-refractivity contribution in [3.8, 4) is 44.5 Å². The van der Waals surface area contributed by atoms with Crippen molar-refractivity contribution in [1.29, 1.82) is 0 Å². The zero-order valence-corrected chi connectivity index (χ0v) is 30.4. The maximum absolute atomic E-state index is 2.37. The lowest BCUT2D eigenvalue weighted by atomic mass is 9.95. The first kappa shape index (κ1) is 32.0. The maximum atomic E-state index is 2.37. The molecule has 54 heavy (non-hydrogen) atoms. The lowest BCUT2D eigenvalue weighted by molar-refractivity contribution is 1.28. The van der Waals surface area contributed by atoms with Gasteiger partial charge in [0.25, 0.3) is 0 Å². The number of thiophene rings is 1. The Labute approximate surface area is 319 Å². The third-order valence-electron chi connectivity index (χ3n) is 10.5. The molecule has 0 spiro atoms. The Balaban J connectivity index is 1.04. The van der Waals surface area contributed by atoms with Crippen LogP contribution in [0.2, 0.25) is 0 Å². The summed E-state index contributed by atoms with van der Waals surface area (Å²) < 4.78 is 2.65. The maximum Gasteiger partial charge on any atom is 0.0467 e. The van der Waals surface area contributed by atoms with Gasteiger partial charge < -0.3 is 4.90 Å². The van der Waals surface area contributed by atoms with Crippen LogP contribution < -0.4 is 4.90 Å². The van der Waals surface area contributed by atoms with Crippen LogP contribution >= 0.6 is 11.3 Å². The zero-order chi connectivity index (χ0) is 35.8. The van der Waals surface area contributed by atoms with Gasteiger partial charge in [-0.25, -0.2) is 0 Å².